The summed E-state index contributed by atoms with van der Waals surface area (Å²) in [7, 11) is 3.12. The molecule has 5 heteroatoms. The normalized spacial score (nSPS) is 9.94. The standard InChI is InChI=1S/C11H13BrO4/c1-15-9-6-8(12)10(16-2)5-7(9)3-4-11(13)14/h5-6H,3-4H2,1-2H3,(H,13,14). The lowest BCUT2D eigenvalue weighted by molar-refractivity contribution is -0.136. The van der Waals surface area contributed by atoms with Crippen molar-refractivity contribution in [2.75, 3.05) is 14.2 Å². The first-order chi connectivity index (χ1) is 7.58. The summed E-state index contributed by atoms with van der Waals surface area (Å²) >= 11 is 3.34. The monoisotopic (exact) mass is 288 g/mol. The molecular formula is C11H13BrO4. The fourth-order valence-corrected chi connectivity index (χ4v) is 1.84. The van der Waals surface area contributed by atoms with Crippen molar-refractivity contribution in [1.82, 2.24) is 0 Å². The van der Waals surface area contributed by atoms with Crippen LogP contribution in [-0.2, 0) is 11.2 Å². The topological polar surface area (TPSA) is 55.8 Å². The van der Waals surface area contributed by atoms with E-state index in [9.17, 15) is 4.79 Å². The Hall–Kier alpha value is -1.23. The second kappa shape index (κ2) is 5.75. The number of carboxylic acids is 1. The highest BCUT2D eigenvalue weighted by Gasteiger charge is 2.10. The first-order valence-corrected chi connectivity index (χ1v) is 5.50. The molecule has 1 rings (SSSR count). The average Bonchev–Trinajstić information content (AvgIpc) is 2.26. The zero-order chi connectivity index (χ0) is 12.1. The molecule has 1 aromatic rings. The zero-order valence-corrected chi connectivity index (χ0v) is 10.7. The van der Waals surface area contributed by atoms with E-state index in [1.165, 1.54) is 0 Å². The summed E-state index contributed by atoms with van der Waals surface area (Å²) in [6.07, 6.45) is 0.489. The lowest BCUT2D eigenvalue weighted by Crippen LogP contribution is -2.00. The smallest absolute Gasteiger partial charge is 0.303 e. The van der Waals surface area contributed by atoms with Crippen LogP contribution in [0.25, 0.3) is 0 Å². The second-order valence-electron chi connectivity index (χ2n) is 3.19. The summed E-state index contributed by atoms with van der Waals surface area (Å²) in [5, 5.41) is 8.64. The summed E-state index contributed by atoms with van der Waals surface area (Å²) in [4.78, 5) is 10.5. The third-order valence-corrected chi connectivity index (χ3v) is 2.78. The minimum atomic E-state index is -0.830. The van der Waals surface area contributed by atoms with Crippen LogP contribution in [-0.4, -0.2) is 25.3 Å². The molecule has 0 bridgehead atoms. The molecule has 0 saturated carbocycles. The van der Waals surface area contributed by atoms with E-state index in [1.807, 2.05) is 0 Å². The first kappa shape index (κ1) is 12.8. The van der Waals surface area contributed by atoms with Gasteiger partial charge in [-0.3, -0.25) is 4.79 Å². The minimum absolute atomic E-state index is 0.0706. The van der Waals surface area contributed by atoms with E-state index in [0.29, 0.717) is 17.9 Å². The number of carbonyl (C=O) groups is 1. The van der Waals surface area contributed by atoms with Crippen molar-refractivity contribution in [3.63, 3.8) is 0 Å². The van der Waals surface area contributed by atoms with Crippen molar-refractivity contribution in [3.05, 3.63) is 22.2 Å². The van der Waals surface area contributed by atoms with Gasteiger partial charge in [-0.15, -0.1) is 0 Å². The number of ether oxygens (including phenoxy) is 2. The van der Waals surface area contributed by atoms with E-state index in [1.54, 1.807) is 26.4 Å². The Kier molecular flexibility index (Phi) is 4.61. The number of rotatable bonds is 5. The Balaban J connectivity index is 2.99. The molecule has 88 valence electrons. The van der Waals surface area contributed by atoms with E-state index in [0.717, 1.165) is 10.0 Å². The van der Waals surface area contributed by atoms with Gasteiger partial charge < -0.3 is 14.6 Å². The maximum Gasteiger partial charge on any atom is 0.303 e. The Morgan fingerprint density at radius 2 is 1.94 bits per heavy atom. The highest BCUT2D eigenvalue weighted by Crippen LogP contribution is 2.33. The molecule has 4 nitrogen and oxygen atoms in total. The molecule has 1 N–H and O–H groups in total. The van der Waals surface area contributed by atoms with E-state index in [2.05, 4.69) is 15.9 Å². The zero-order valence-electron chi connectivity index (χ0n) is 9.12. The fraction of sp³-hybridized carbons (Fsp3) is 0.364. The van der Waals surface area contributed by atoms with Gasteiger partial charge in [-0.05, 0) is 40.0 Å². The van der Waals surface area contributed by atoms with Gasteiger partial charge in [-0.1, -0.05) is 0 Å². The van der Waals surface area contributed by atoms with Gasteiger partial charge in [0.25, 0.3) is 0 Å². The Labute approximate surface area is 102 Å². The van der Waals surface area contributed by atoms with Gasteiger partial charge in [0, 0.05) is 6.42 Å². The molecule has 0 fully saturated rings. The van der Waals surface area contributed by atoms with Gasteiger partial charge in [0.2, 0.25) is 0 Å². The molecule has 16 heavy (non-hydrogen) atoms. The number of aliphatic carboxylic acids is 1. The lowest BCUT2D eigenvalue weighted by atomic mass is 10.1. The lowest BCUT2D eigenvalue weighted by Gasteiger charge is -2.11. The number of aryl methyl sites for hydroxylation is 1. The molecule has 0 aliphatic heterocycles. The molecule has 0 heterocycles. The molecule has 0 radical (unpaired) electrons. The van der Waals surface area contributed by atoms with Crippen molar-refractivity contribution >= 4 is 21.9 Å². The van der Waals surface area contributed by atoms with Gasteiger partial charge in [-0.25, -0.2) is 0 Å². The molecule has 0 saturated heterocycles. The number of methoxy groups -OCH3 is 2. The Morgan fingerprint density at radius 3 is 2.44 bits per heavy atom. The van der Waals surface area contributed by atoms with Gasteiger partial charge in [0.05, 0.1) is 18.7 Å². The maximum atomic E-state index is 10.5. The molecule has 0 unspecified atom stereocenters. The van der Waals surface area contributed by atoms with Gasteiger partial charge in [-0.2, -0.15) is 0 Å². The van der Waals surface area contributed by atoms with Crippen LogP contribution in [0, 0.1) is 0 Å². The van der Waals surface area contributed by atoms with Gasteiger partial charge in [0.15, 0.2) is 0 Å². The van der Waals surface area contributed by atoms with Crippen molar-refractivity contribution in [2.45, 2.75) is 12.8 Å². The number of hydrogen-bond donors (Lipinski definition) is 1. The first-order valence-electron chi connectivity index (χ1n) is 4.70. The van der Waals surface area contributed by atoms with Crippen LogP contribution in [0.5, 0.6) is 11.5 Å². The van der Waals surface area contributed by atoms with Crippen LogP contribution in [0.3, 0.4) is 0 Å². The summed E-state index contributed by atoms with van der Waals surface area (Å²) in [5.74, 6) is 0.499. The van der Waals surface area contributed by atoms with Crippen LogP contribution in [0.4, 0.5) is 0 Å². The summed E-state index contributed by atoms with van der Waals surface area (Å²) in [6.45, 7) is 0. The predicted molar refractivity (Wildman–Crippen MR) is 63.2 cm³/mol. The summed E-state index contributed by atoms with van der Waals surface area (Å²) in [6, 6.07) is 3.56. The SMILES string of the molecule is COc1cc(CCC(=O)O)c(OC)cc1Br. The van der Waals surface area contributed by atoms with Crippen LogP contribution < -0.4 is 9.47 Å². The van der Waals surface area contributed by atoms with Crippen molar-refractivity contribution < 1.29 is 19.4 Å². The van der Waals surface area contributed by atoms with Crippen LogP contribution in [0.15, 0.2) is 16.6 Å². The number of carboxylic acid groups (broad SMARTS) is 1. The quantitative estimate of drug-likeness (QED) is 0.904. The average molecular weight is 289 g/mol. The molecule has 1 aromatic carbocycles. The minimum Gasteiger partial charge on any atom is -0.496 e. The van der Waals surface area contributed by atoms with Crippen molar-refractivity contribution in [1.29, 1.82) is 0 Å². The third kappa shape index (κ3) is 3.13. The van der Waals surface area contributed by atoms with E-state index in [-0.39, 0.29) is 6.42 Å². The highest BCUT2D eigenvalue weighted by molar-refractivity contribution is 9.10. The van der Waals surface area contributed by atoms with E-state index < -0.39 is 5.97 Å². The molecule has 0 aliphatic carbocycles. The second-order valence-corrected chi connectivity index (χ2v) is 4.05. The van der Waals surface area contributed by atoms with E-state index >= 15 is 0 Å². The molecule has 0 spiro atoms. The molecular weight excluding hydrogens is 276 g/mol. The molecule has 0 atom stereocenters. The van der Waals surface area contributed by atoms with Crippen molar-refractivity contribution in [2.24, 2.45) is 0 Å². The van der Waals surface area contributed by atoms with Crippen LogP contribution in [0.1, 0.15) is 12.0 Å². The van der Waals surface area contributed by atoms with E-state index in [4.69, 9.17) is 14.6 Å². The Morgan fingerprint density at radius 1 is 1.31 bits per heavy atom. The fourth-order valence-electron chi connectivity index (χ4n) is 1.36. The molecule has 0 aliphatic rings. The predicted octanol–water partition coefficient (Wildman–Crippen LogP) is 2.48. The largest absolute Gasteiger partial charge is 0.496 e. The van der Waals surface area contributed by atoms with Crippen LogP contribution >= 0.6 is 15.9 Å². The summed E-state index contributed by atoms with van der Waals surface area (Å²) < 4.78 is 11.1. The molecule has 0 aromatic heterocycles. The molecule has 0 amide bonds. The highest BCUT2D eigenvalue weighted by atomic mass is 79.9. The van der Waals surface area contributed by atoms with Crippen LogP contribution in [0.2, 0.25) is 0 Å². The Bertz CT molecular complexity index is 390. The number of benzene rings is 1. The maximum absolute atomic E-state index is 10.5. The number of hydrogen-bond acceptors (Lipinski definition) is 3. The summed E-state index contributed by atoms with van der Waals surface area (Å²) in [5.41, 5.74) is 0.824. The van der Waals surface area contributed by atoms with Gasteiger partial charge in [0.1, 0.15) is 11.5 Å². The van der Waals surface area contributed by atoms with Gasteiger partial charge >= 0.3 is 5.97 Å². The third-order valence-electron chi connectivity index (χ3n) is 2.16. The van der Waals surface area contributed by atoms with Crippen molar-refractivity contribution in [3.8, 4) is 11.5 Å². The number of halogens is 1.